The van der Waals surface area contributed by atoms with Crippen molar-refractivity contribution in [1.82, 2.24) is 4.31 Å². The third-order valence-corrected chi connectivity index (χ3v) is 2.31. The highest BCUT2D eigenvalue weighted by molar-refractivity contribution is 8.67. The summed E-state index contributed by atoms with van der Waals surface area (Å²) in [6, 6.07) is 0.586. The third kappa shape index (κ3) is 3.26. The molecule has 0 bridgehead atoms. The van der Waals surface area contributed by atoms with Gasteiger partial charge in [0.25, 0.3) is 0 Å². The molecule has 0 aliphatic rings. The van der Waals surface area contributed by atoms with Gasteiger partial charge in [0.05, 0.1) is 0 Å². The number of rotatable bonds is 2. The Morgan fingerprint density at radius 3 is 2.00 bits per heavy atom. The molecule has 44 valence electrons. The van der Waals surface area contributed by atoms with Crippen molar-refractivity contribution < 1.29 is 0 Å². The Morgan fingerprint density at radius 1 is 1.57 bits per heavy atom. The van der Waals surface area contributed by atoms with Gasteiger partial charge < -0.3 is 0 Å². The fraction of sp³-hybridized carbons (Fsp3) is 1.00. The lowest BCUT2D eigenvalue weighted by Crippen LogP contribution is -2.16. The van der Waals surface area contributed by atoms with Gasteiger partial charge in [0.1, 0.15) is 0 Å². The van der Waals surface area contributed by atoms with Gasteiger partial charge in [-0.3, -0.25) is 0 Å². The van der Waals surface area contributed by atoms with E-state index < -0.39 is 0 Å². The number of hydrogen-bond donors (Lipinski definition) is 1. The first-order valence-corrected chi connectivity index (χ1v) is 4.05. The van der Waals surface area contributed by atoms with Crippen LogP contribution in [0.15, 0.2) is 0 Å². The monoisotopic (exact) mass is 137 g/mol. The van der Waals surface area contributed by atoms with E-state index in [0.717, 1.165) is 0 Å². The Morgan fingerprint density at radius 2 is 2.00 bits per heavy atom. The Labute approximate surface area is 54.4 Å². The average Bonchev–Trinajstić information content (AvgIpc) is 1.65. The Balaban J connectivity index is 3.14. The van der Waals surface area contributed by atoms with E-state index in [1.54, 1.807) is 0 Å². The Kier molecular flexibility index (Phi) is 3.98. The van der Waals surface area contributed by atoms with Crippen molar-refractivity contribution >= 4 is 22.6 Å². The molecule has 1 nitrogen and oxygen atoms in total. The molecule has 0 heterocycles. The fourth-order valence-electron chi connectivity index (χ4n) is 0.0943. The summed E-state index contributed by atoms with van der Waals surface area (Å²) < 4.78 is 2.07. The molecule has 0 aliphatic carbocycles. The van der Waals surface area contributed by atoms with Crippen molar-refractivity contribution in [2.24, 2.45) is 0 Å². The largest absolute Gasteiger partial charge is 0.242 e. The lowest BCUT2D eigenvalue weighted by Gasteiger charge is -2.14. The molecule has 7 heavy (non-hydrogen) atoms. The molecule has 0 N–H and O–H groups in total. The van der Waals surface area contributed by atoms with Crippen molar-refractivity contribution in [3.8, 4) is 0 Å². The van der Waals surface area contributed by atoms with E-state index in [-0.39, 0.29) is 0 Å². The molecule has 0 atom stereocenters. The first-order valence-electron chi connectivity index (χ1n) is 2.23. The van der Waals surface area contributed by atoms with E-state index in [1.807, 2.05) is 7.05 Å². The Bertz CT molecular complexity index is 47.0. The van der Waals surface area contributed by atoms with Crippen LogP contribution in [0.4, 0.5) is 0 Å². The van der Waals surface area contributed by atoms with Crippen LogP contribution in [-0.4, -0.2) is 17.4 Å². The second kappa shape index (κ2) is 3.64. The first kappa shape index (κ1) is 7.66. The molecule has 0 amide bonds. The van der Waals surface area contributed by atoms with Crippen LogP contribution < -0.4 is 0 Å². The maximum absolute atomic E-state index is 4.00. The molecule has 0 rings (SSSR count). The van der Waals surface area contributed by atoms with Gasteiger partial charge in [-0.2, -0.15) is 0 Å². The van der Waals surface area contributed by atoms with Crippen LogP contribution in [-0.2, 0) is 0 Å². The maximum Gasteiger partial charge on any atom is 0.0150 e. The predicted molar refractivity (Wildman–Crippen MR) is 39.5 cm³/mol. The fourth-order valence-corrected chi connectivity index (χ4v) is 0.849. The van der Waals surface area contributed by atoms with Gasteiger partial charge >= 0.3 is 0 Å². The van der Waals surface area contributed by atoms with Gasteiger partial charge in [-0.05, 0) is 31.9 Å². The van der Waals surface area contributed by atoms with E-state index in [2.05, 4.69) is 29.8 Å². The minimum absolute atomic E-state index is 0.586. The summed E-state index contributed by atoms with van der Waals surface area (Å²) in [7, 11) is 3.48. The standard InChI is InChI=1S/C4H11NS2/c1-4(2)5(3)7-6/h4,6H,1-3H3. The van der Waals surface area contributed by atoms with Crippen LogP contribution in [0.1, 0.15) is 13.8 Å². The smallest absolute Gasteiger partial charge is 0.0150 e. The molecule has 0 aromatic heterocycles. The number of thiol groups is 1. The molecule has 0 unspecified atom stereocenters. The van der Waals surface area contributed by atoms with E-state index >= 15 is 0 Å². The lowest BCUT2D eigenvalue weighted by atomic mass is 10.4. The molecule has 0 saturated carbocycles. The summed E-state index contributed by atoms with van der Waals surface area (Å²) in [4.78, 5) is 0. The van der Waals surface area contributed by atoms with E-state index in [1.165, 1.54) is 11.0 Å². The highest BCUT2D eigenvalue weighted by Crippen LogP contribution is 2.13. The third-order valence-electron chi connectivity index (χ3n) is 0.856. The van der Waals surface area contributed by atoms with Crippen LogP contribution in [0.5, 0.6) is 0 Å². The van der Waals surface area contributed by atoms with Gasteiger partial charge in [-0.15, -0.1) is 0 Å². The quantitative estimate of drug-likeness (QED) is 0.351. The molecule has 3 heteroatoms. The normalized spacial score (nSPS) is 11.1. The summed E-state index contributed by atoms with van der Waals surface area (Å²) in [6.45, 7) is 4.26. The van der Waals surface area contributed by atoms with Crippen molar-refractivity contribution in [3.63, 3.8) is 0 Å². The van der Waals surface area contributed by atoms with E-state index in [4.69, 9.17) is 0 Å². The van der Waals surface area contributed by atoms with Crippen LogP contribution in [0, 0.1) is 0 Å². The van der Waals surface area contributed by atoms with Crippen LogP contribution in [0.25, 0.3) is 0 Å². The highest BCUT2D eigenvalue weighted by atomic mass is 33.1. The minimum atomic E-state index is 0.586. The van der Waals surface area contributed by atoms with Gasteiger partial charge in [-0.25, -0.2) is 4.31 Å². The van der Waals surface area contributed by atoms with Gasteiger partial charge in [-0.1, -0.05) is 11.7 Å². The zero-order valence-electron chi connectivity index (χ0n) is 4.88. The first-order chi connectivity index (χ1) is 3.18. The summed E-state index contributed by atoms with van der Waals surface area (Å²) in [5.74, 6) is 0. The minimum Gasteiger partial charge on any atom is -0.242 e. The van der Waals surface area contributed by atoms with E-state index in [9.17, 15) is 0 Å². The predicted octanol–water partition coefficient (Wildman–Crippen LogP) is 1.82. The zero-order chi connectivity index (χ0) is 5.86. The lowest BCUT2D eigenvalue weighted by molar-refractivity contribution is 0.473. The van der Waals surface area contributed by atoms with Crippen molar-refractivity contribution in [2.75, 3.05) is 7.05 Å². The summed E-state index contributed by atoms with van der Waals surface area (Å²) in [5.41, 5.74) is 0. The highest BCUT2D eigenvalue weighted by Gasteiger charge is 1.97. The van der Waals surface area contributed by atoms with Crippen molar-refractivity contribution in [1.29, 1.82) is 0 Å². The van der Waals surface area contributed by atoms with Gasteiger partial charge in [0, 0.05) is 6.04 Å². The maximum atomic E-state index is 4.00. The van der Waals surface area contributed by atoms with Crippen LogP contribution in [0.3, 0.4) is 0 Å². The summed E-state index contributed by atoms with van der Waals surface area (Å²) >= 11 is 4.00. The number of hydrogen-bond acceptors (Lipinski definition) is 3. The SMILES string of the molecule is CC(C)N(C)SS. The summed E-state index contributed by atoms with van der Waals surface area (Å²) in [6.07, 6.45) is 0. The molecule has 0 radical (unpaired) electrons. The molecule has 0 saturated heterocycles. The van der Waals surface area contributed by atoms with Crippen molar-refractivity contribution in [3.05, 3.63) is 0 Å². The Hall–Kier alpha value is 0.660. The molecular formula is C4H11NS2. The topological polar surface area (TPSA) is 3.24 Å². The molecule has 0 aromatic carbocycles. The zero-order valence-corrected chi connectivity index (χ0v) is 6.59. The molecule has 0 spiro atoms. The van der Waals surface area contributed by atoms with Crippen LogP contribution >= 0.6 is 22.6 Å². The summed E-state index contributed by atoms with van der Waals surface area (Å²) in [5, 5.41) is 0. The average molecular weight is 137 g/mol. The van der Waals surface area contributed by atoms with Gasteiger partial charge in [0.15, 0.2) is 0 Å². The van der Waals surface area contributed by atoms with Crippen LogP contribution in [0.2, 0.25) is 0 Å². The second-order valence-electron chi connectivity index (χ2n) is 1.72. The molecule has 0 aliphatic heterocycles. The van der Waals surface area contributed by atoms with E-state index in [0.29, 0.717) is 6.04 Å². The second-order valence-corrected chi connectivity index (χ2v) is 2.95. The van der Waals surface area contributed by atoms with Gasteiger partial charge in [0.2, 0.25) is 0 Å². The molecule has 0 aromatic rings. The molecule has 0 fully saturated rings. The van der Waals surface area contributed by atoms with Crippen molar-refractivity contribution in [2.45, 2.75) is 19.9 Å². The number of nitrogens with zero attached hydrogens (tertiary/aromatic N) is 1. The molecular weight excluding hydrogens is 126 g/mol.